The number of benzene rings is 1. The predicted molar refractivity (Wildman–Crippen MR) is 62.0 cm³/mol. The first-order chi connectivity index (χ1) is 7.16. The molecule has 2 nitrogen and oxygen atoms in total. The maximum Gasteiger partial charge on any atom is 0.103 e. The zero-order valence-electron chi connectivity index (χ0n) is 9.79. The van der Waals surface area contributed by atoms with Crippen molar-refractivity contribution in [3.8, 4) is 0 Å². The lowest BCUT2D eigenvalue weighted by atomic mass is 10.00. The van der Waals surface area contributed by atoms with Crippen LogP contribution in [0.1, 0.15) is 36.1 Å². The normalized spacial score (nSPS) is 12.8. The van der Waals surface area contributed by atoms with Crippen molar-refractivity contribution in [1.29, 1.82) is 0 Å². The van der Waals surface area contributed by atoms with E-state index in [0.717, 1.165) is 17.5 Å². The minimum Gasteiger partial charge on any atom is -0.386 e. The molecule has 0 saturated carbocycles. The minimum absolute atomic E-state index is 0.387. The maximum absolute atomic E-state index is 9.93. The van der Waals surface area contributed by atoms with Crippen LogP contribution in [0.25, 0.3) is 0 Å². The first kappa shape index (κ1) is 12.2. The van der Waals surface area contributed by atoms with Crippen LogP contribution in [0, 0.1) is 13.8 Å². The highest BCUT2D eigenvalue weighted by atomic mass is 16.5. The number of hydrogen-bond donors (Lipinski definition) is 1. The van der Waals surface area contributed by atoms with Gasteiger partial charge in [0.2, 0.25) is 0 Å². The third-order valence-electron chi connectivity index (χ3n) is 2.63. The second-order valence-electron chi connectivity index (χ2n) is 3.88. The average Bonchev–Trinajstić information content (AvgIpc) is 2.22. The molecule has 1 unspecified atom stereocenters. The lowest BCUT2D eigenvalue weighted by Gasteiger charge is -2.15. The fraction of sp³-hybridized carbons (Fsp3) is 0.538. The van der Waals surface area contributed by atoms with E-state index in [0.29, 0.717) is 13.2 Å². The molecule has 15 heavy (non-hydrogen) atoms. The van der Waals surface area contributed by atoms with E-state index in [9.17, 15) is 5.11 Å². The topological polar surface area (TPSA) is 29.5 Å². The van der Waals surface area contributed by atoms with Crippen molar-refractivity contribution in [2.75, 3.05) is 13.2 Å². The highest BCUT2D eigenvalue weighted by Gasteiger charge is 2.10. The molecule has 0 fully saturated rings. The summed E-state index contributed by atoms with van der Waals surface area (Å²) in [6, 6.07) is 5.99. The third kappa shape index (κ3) is 3.33. The Bertz CT molecular complexity index is 307. The Balaban J connectivity index is 2.65. The Labute approximate surface area is 91.9 Å². The molecule has 1 aromatic carbocycles. The SMILES string of the molecule is CCCOCC(O)c1cccc(C)c1C. The van der Waals surface area contributed by atoms with Crippen LogP contribution in [0.15, 0.2) is 18.2 Å². The summed E-state index contributed by atoms with van der Waals surface area (Å²) in [6.07, 6.45) is 0.482. The predicted octanol–water partition coefficient (Wildman–Crippen LogP) is 2.76. The fourth-order valence-electron chi connectivity index (χ4n) is 1.56. The van der Waals surface area contributed by atoms with Gasteiger partial charge in [0.25, 0.3) is 0 Å². The number of aliphatic hydroxyl groups excluding tert-OH is 1. The lowest BCUT2D eigenvalue weighted by Crippen LogP contribution is -2.09. The van der Waals surface area contributed by atoms with E-state index in [1.807, 2.05) is 19.1 Å². The highest BCUT2D eigenvalue weighted by Crippen LogP contribution is 2.20. The van der Waals surface area contributed by atoms with Crippen LogP contribution in [-0.2, 0) is 4.74 Å². The van der Waals surface area contributed by atoms with Gasteiger partial charge in [-0.05, 0) is 37.0 Å². The molecular weight excluding hydrogens is 188 g/mol. The second-order valence-corrected chi connectivity index (χ2v) is 3.88. The zero-order valence-corrected chi connectivity index (χ0v) is 9.79. The molecule has 0 aromatic heterocycles. The van der Waals surface area contributed by atoms with Gasteiger partial charge >= 0.3 is 0 Å². The number of aryl methyl sites for hydroxylation is 1. The van der Waals surface area contributed by atoms with Gasteiger partial charge in [0.05, 0.1) is 6.61 Å². The van der Waals surface area contributed by atoms with Gasteiger partial charge in [-0.15, -0.1) is 0 Å². The van der Waals surface area contributed by atoms with Crippen molar-refractivity contribution >= 4 is 0 Å². The molecule has 2 heteroatoms. The van der Waals surface area contributed by atoms with Gasteiger partial charge in [0.15, 0.2) is 0 Å². The molecule has 0 aliphatic heterocycles. The van der Waals surface area contributed by atoms with Gasteiger partial charge in [0, 0.05) is 6.61 Å². The van der Waals surface area contributed by atoms with Crippen LogP contribution in [0.4, 0.5) is 0 Å². The molecule has 84 valence electrons. The van der Waals surface area contributed by atoms with E-state index in [1.54, 1.807) is 0 Å². The summed E-state index contributed by atoms with van der Waals surface area (Å²) in [4.78, 5) is 0. The summed E-state index contributed by atoms with van der Waals surface area (Å²) >= 11 is 0. The Morgan fingerprint density at radius 3 is 2.73 bits per heavy atom. The molecule has 0 heterocycles. The third-order valence-corrected chi connectivity index (χ3v) is 2.63. The molecule has 1 aromatic rings. The van der Waals surface area contributed by atoms with E-state index >= 15 is 0 Å². The zero-order chi connectivity index (χ0) is 11.3. The summed E-state index contributed by atoms with van der Waals surface area (Å²) in [5.74, 6) is 0. The smallest absolute Gasteiger partial charge is 0.103 e. The monoisotopic (exact) mass is 208 g/mol. The second kappa shape index (κ2) is 5.89. The van der Waals surface area contributed by atoms with Crippen LogP contribution < -0.4 is 0 Å². The van der Waals surface area contributed by atoms with Crippen molar-refractivity contribution < 1.29 is 9.84 Å². The first-order valence-electron chi connectivity index (χ1n) is 5.48. The molecule has 0 radical (unpaired) electrons. The Kier molecular flexibility index (Phi) is 4.79. The summed E-state index contributed by atoms with van der Waals surface area (Å²) in [5, 5.41) is 9.93. The van der Waals surface area contributed by atoms with Crippen LogP contribution in [0.5, 0.6) is 0 Å². The summed E-state index contributed by atoms with van der Waals surface area (Å²) < 4.78 is 5.34. The largest absolute Gasteiger partial charge is 0.386 e. The number of ether oxygens (including phenoxy) is 1. The van der Waals surface area contributed by atoms with Crippen molar-refractivity contribution in [2.45, 2.75) is 33.3 Å². The van der Waals surface area contributed by atoms with E-state index < -0.39 is 6.10 Å². The minimum atomic E-state index is -0.503. The van der Waals surface area contributed by atoms with Crippen LogP contribution in [0.3, 0.4) is 0 Å². The Morgan fingerprint density at radius 1 is 1.33 bits per heavy atom. The molecule has 0 aliphatic carbocycles. The Morgan fingerprint density at radius 2 is 2.07 bits per heavy atom. The summed E-state index contributed by atoms with van der Waals surface area (Å²) in [7, 11) is 0. The number of rotatable bonds is 5. The van der Waals surface area contributed by atoms with Crippen molar-refractivity contribution in [3.63, 3.8) is 0 Å². The van der Waals surface area contributed by atoms with Gasteiger partial charge in [0.1, 0.15) is 6.10 Å². The molecule has 0 bridgehead atoms. The number of aliphatic hydroxyl groups is 1. The molecule has 0 saturated heterocycles. The van der Waals surface area contributed by atoms with E-state index in [-0.39, 0.29) is 0 Å². The quantitative estimate of drug-likeness (QED) is 0.754. The van der Waals surface area contributed by atoms with Gasteiger partial charge in [-0.3, -0.25) is 0 Å². The highest BCUT2D eigenvalue weighted by molar-refractivity contribution is 5.34. The molecule has 1 N–H and O–H groups in total. The van der Waals surface area contributed by atoms with Gasteiger partial charge in [-0.1, -0.05) is 25.1 Å². The average molecular weight is 208 g/mol. The van der Waals surface area contributed by atoms with Gasteiger partial charge in [-0.2, -0.15) is 0 Å². The lowest BCUT2D eigenvalue weighted by molar-refractivity contribution is 0.0360. The molecule has 1 atom stereocenters. The van der Waals surface area contributed by atoms with E-state index in [2.05, 4.69) is 19.9 Å². The van der Waals surface area contributed by atoms with Crippen LogP contribution in [0.2, 0.25) is 0 Å². The molecular formula is C13H20O2. The molecule has 1 rings (SSSR count). The summed E-state index contributed by atoms with van der Waals surface area (Å²) in [5.41, 5.74) is 3.35. The van der Waals surface area contributed by atoms with Crippen molar-refractivity contribution in [3.05, 3.63) is 34.9 Å². The standard InChI is InChI=1S/C13H20O2/c1-4-8-15-9-13(14)12-7-5-6-10(2)11(12)3/h5-7,13-14H,4,8-9H2,1-3H3. The fourth-order valence-corrected chi connectivity index (χ4v) is 1.56. The van der Waals surface area contributed by atoms with Crippen molar-refractivity contribution in [2.24, 2.45) is 0 Å². The number of hydrogen-bond acceptors (Lipinski definition) is 2. The summed E-state index contributed by atoms with van der Waals surface area (Å²) in [6.45, 7) is 7.25. The van der Waals surface area contributed by atoms with Gasteiger partial charge < -0.3 is 9.84 Å². The van der Waals surface area contributed by atoms with Crippen molar-refractivity contribution in [1.82, 2.24) is 0 Å². The van der Waals surface area contributed by atoms with E-state index in [4.69, 9.17) is 4.74 Å². The van der Waals surface area contributed by atoms with Crippen LogP contribution >= 0.6 is 0 Å². The molecule has 0 amide bonds. The molecule has 0 aliphatic rings. The van der Waals surface area contributed by atoms with E-state index in [1.165, 1.54) is 5.56 Å². The van der Waals surface area contributed by atoms with Crippen LogP contribution in [-0.4, -0.2) is 18.3 Å². The molecule has 0 spiro atoms. The maximum atomic E-state index is 9.93. The Hall–Kier alpha value is -0.860. The van der Waals surface area contributed by atoms with Gasteiger partial charge in [-0.25, -0.2) is 0 Å². The first-order valence-corrected chi connectivity index (χ1v) is 5.48.